The van der Waals surface area contributed by atoms with Crippen LogP contribution in [-0.2, 0) is 10.0 Å². The molecule has 0 aromatic heterocycles. The van der Waals surface area contributed by atoms with Gasteiger partial charge in [0.15, 0.2) is 28.5 Å². The number of benzene rings is 1. The zero-order valence-electron chi connectivity index (χ0n) is 9.85. The Kier molecular flexibility index (Phi) is 4.54. The fourth-order valence-electron chi connectivity index (χ4n) is 1.29. The van der Waals surface area contributed by atoms with Gasteiger partial charge in [-0.15, -0.1) is 0 Å². The van der Waals surface area contributed by atoms with Crippen LogP contribution in [0.1, 0.15) is 13.3 Å². The Hall–Kier alpha value is -1.89. The van der Waals surface area contributed by atoms with Crippen LogP contribution in [0.2, 0.25) is 0 Å². The largest absolute Gasteiger partial charge is 0.277 e. The van der Waals surface area contributed by atoms with E-state index in [1.165, 1.54) is 17.7 Å². The summed E-state index contributed by atoms with van der Waals surface area (Å²) in [7, 11) is -4.61. The van der Waals surface area contributed by atoms with Crippen molar-refractivity contribution in [3.63, 3.8) is 0 Å². The smallest absolute Gasteiger partial charge is 0.249 e. The number of anilines is 1. The van der Waals surface area contributed by atoms with Gasteiger partial charge >= 0.3 is 0 Å². The normalized spacial score (nSPS) is 12.8. The van der Waals surface area contributed by atoms with Gasteiger partial charge in [0, 0.05) is 0 Å². The van der Waals surface area contributed by atoms with E-state index in [2.05, 4.69) is 0 Å². The Balaban J connectivity index is 3.41. The molecule has 0 heterocycles. The number of rotatable bonds is 4. The van der Waals surface area contributed by atoms with Gasteiger partial charge in [0.1, 0.15) is 5.69 Å². The minimum absolute atomic E-state index is 0.235. The van der Waals surface area contributed by atoms with Crippen LogP contribution in [-0.4, -0.2) is 13.7 Å². The molecule has 1 aromatic rings. The predicted molar refractivity (Wildman–Crippen MR) is 58.5 cm³/mol. The van der Waals surface area contributed by atoms with E-state index in [1.807, 2.05) is 0 Å². The van der Waals surface area contributed by atoms with Gasteiger partial charge in [-0.1, -0.05) is 6.92 Å². The summed E-state index contributed by atoms with van der Waals surface area (Å²) in [6.45, 7) is 1.30. The second-order valence-corrected chi connectivity index (χ2v) is 5.48. The molecule has 0 aliphatic rings. The van der Waals surface area contributed by atoms with Gasteiger partial charge in [-0.3, -0.25) is 4.72 Å². The third-order valence-electron chi connectivity index (χ3n) is 2.34. The number of nitrogens with zero attached hydrogens (tertiary/aromatic N) is 1. The van der Waals surface area contributed by atoms with E-state index in [-0.39, 0.29) is 6.42 Å². The first-order chi connectivity index (χ1) is 9.17. The molecule has 0 saturated heterocycles. The highest BCUT2D eigenvalue weighted by atomic mass is 32.2. The van der Waals surface area contributed by atoms with Crippen LogP contribution in [0.4, 0.5) is 27.6 Å². The Morgan fingerprint density at radius 1 is 1.05 bits per heavy atom. The first-order valence-electron chi connectivity index (χ1n) is 5.10. The summed E-state index contributed by atoms with van der Waals surface area (Å²) in [5.41, 5.74) is -1.71. The van der Waals surface area contributed by atoms with Gasteiger partial charge in [0.2, 0.25) is 15.8 Å². The Morgan fingerprint density at radius 3 is 1.80 bits per heavy atom. The van der Waals surface area contributed by atoms with Gasteiger partial charge in [-0.05, 0) is 6.42 Å². The van der Waals surface area contributed by atoms with Crippen molar-refractivity contribution < 1.29 is 30.4 Å². The molecule has 1 rings (SSSR count). The second kappa shape index (κ2) is 5.62. The van der Waals surface area contributed by atoms with Crippen molar-refractivity contribution in [1.82, 2.24) is 0 Å². The van der Waals surface area contributed by atoms with E-state index < -0.39 is 50.0 Å². The predicted octanol–water partition coefficient (Wildman–Crippen LogP) is 2.43. The highest BCUT2D eigenvalue weighted by Gasteiger charge is 2.31. The number of halogens is 5. The topological polar surface area (TPSA) is 70.0 Å². The standard InChI is InChI=1S/C10H7F5N2O2S/c1-2-4(3-16)20(18,19)17-10-8(14)6(12)5(11)7(13)9(10)15/h4,17H,2H2,1H3. The van der Waals surface area contributed by atoms with Crippen LogP contribution in [0.25, 0.3) is 0 Å². The molecule has 0 aliphatic carbocycles. The number of sulfonamides is 1. The molecule has 0 spiro atoms. The van der Waals surface area contributed by atoms with Crippen molar-refractivity contribution in [2.75, 3.05) is 4.72 Å². The van der Waals surface area contributed by atoms with Crippen molar-refractivity contribution in [3.8, 4) is 6.07 Å². The lowest BCUT2D eigenvalue weighted by Gasteiger charge is -2.13. The average molecular weight is 314 g/mol. The van der Waals surface area contributed by atoms with Crippen LogP contribution in [0, 0.1) is 40.4 Å². The van der Waals surface area contributed by atoms with Crippen LogP contribution in [0.15, 0.2) is 0 Å². The third-order valence-corrected chi connectivity index (χ3v) is 4.02. The molecule has 0 radical (unpaired) electrons. The summed E-state index contributed by atoms with van der Waals surface area (Å²) >= 11 is 0. The van der Waals surface area contributed by atoms with Gasteiger partial charge < -0.3 is 0 Å². The summed E-state index contributed by atoms with van der Waals surface area (Å²) in [5.74, 6) is -11.6. The molecule has 20 heavy (non-hydrogen) atoms. The van der Waals surface area contributed by atoms with E-state index in [9.17, 15) is 30.4 Å². The highest BCUT2D eigenvalue weighted by Crippen LogP contribution is 2.28. The van der Waals surface area contributed by atoms with Gasteiger partial charge in [0.25, 0.3) is 0 Å². The minimum atomic E-state index is -4.61. The Morgan fingerprint density at radius 2 is 1.45 bits per heavy atom. The Labute approximate surface area is 110 Å². The fraction of sp³-hybridized carbons (Fsp3) is 0.300. The molecule has 4 nitrogen and oxygen atoms in total. The summed E-state index contributed by atoms with van der Waals surface area (Å²) in [6.07, 6.45) is -0.235. The lowest BCUT2D eigenvalue weighted by Crippen LogP contribution is -2.27. The zero-order valence-corrected chi connectivity index (χ0v) is 10.7. The summed E-state index contributed by atoms with van der Waals surface area (Å²) in [4.78, 5) is 0. The average Bonchev–Trinajstić information content (AvgIpc) is 2.40. The maximum absolute atomic E-state index is 13.3. The summed E-state index contributed by atoms with van der Waals surface area (Å²) < 4.78 is 89.4. The second-order valence-electron chi connectivity index (χ2n) is 3.62. The lowest BCUT2D eigenvalue weighted by molar-refractivity contribution is 0.382. The minimum Gasteiger partial charge on any atom is -0.277 e. The Bertz CT molecular complexity index is 655. The van der Waals surface area contributed by atoms with Crippen LogP contribution in [0.5, 0.6) is 0 Å². The number of nitriles is 1. The molecule has 110 valence electrons. The number of hydrogen-bond donors (Lipinski definition) is 1. The lowest BCUT2D eigenvalue weighted by atomic mass is 10.2. The zero-order chi connectivity index (χ0) is 15.7. The molecule has 1 N–H and O–H groups in total. The maximum atomic E-state index is 13.3. The molecular formula is C10H7F5N2O2S. The molecule has 0 aliphatic heterocycles. The number of hydrogen-bond acceptors (Lipinski definition) is 3. The maximum Gasteiger partial charge on any atom is 0.249 e. The first-order valence-corrected chi connectivity index (χ1v) is 6.64. The quantitative estimate of drug-likeness (QED) is 0.527. The molecule has 1 unspecified atom stereocenters. The molecule has 0 saturated carbocycles. The van der Waals surface area contributed by atoms with E-state index in [1.54, 1.807) is 0 Å². The summed E-state index contributed by atoms with van der Waals surface area (Å²) in [6, 6.07) is 1.33. The molecule has 10 heteroatoms. The highest BCUT2D eigenvalue weighted by molar-refractivity contribution is 7.93. The van der Waals surface area contributed by atoms with Crippen LogP contribution >= 0.6 is 0 Å². The van der Waals surface area contributed by atoms with Crippen molar-refractivity contribution in [1.29, 1.82) is 5.26 Å². The molecular weight excluding hydrogens is 307 g/mol. The molecule has 0 bridgehead atoms. The van der Waals surface area contributed by atoms with E-state index in [0.717, 1.165) is 0 Å². The van der Waals surface area contributed by atoms with Gasteiger partial charge in [-0.25, -0.2) is 30.4 Å². The van der Waals surface area contributed by atoms with E-state index >= 15 is 0 Å². The van der Waals surface area contributed by atoms with Crippen molar-refractivity contribution in [3.05, 3.63) is 29.1 Å². The SMILES string of the molecule is CCC(C#N)S(=O)(=O)Nc1c(F)c(F)c(F)c(F)c1F. The summed E-state index contributed by atoms with van der Waals surface area (Å²) in [5, 5.41) is 6.87. The molecule has 1 atom stereocenters. The van der Waals surface area contributed by atoms with Gasteiger partial charge in [-0.2, -0.15) is 5.26 Å². The van der Waals surface area contributed by atoms with E-state index in [4.69, 9.17) is 5.26 Å². The molecule has 0 fully saturated rings. The monoisotopic (exact) mass is 314 g/mol. The fourth-order valence-corrected chi connectivity index (χ4v) is 2.47. The van der Waals surface area contributed by atoms with Crippen molar-refractivity contribution in [2.24, 2.45) is 0 Å². The molecule has 1 aromatic carbocycles. The van der Waals surface area contributed by atoms with E-state index in [0.29, 0.717) is 0 Å². The number of nitrogens with one attached hydrogen (secondary N) is 1. The van der Waals surface area contributed by atoms with Crippen molar-refractivity contribution in [2.45, 2.75) is 18.6 Å². The van der Waals surface area contributed by atoms with Crippen molar-refractivity contribution >= 4 is 15.7 Å². The molecule has 0 amide bonds. The first kappa shape index (κ1) is 16.2. The van der Waals surface area contributed by atoms with Gasteiger partial charge in [0.05, 0.1) is 6.07 Å². The third kappa shape index (κ3) is 2.67. The van der Waals surface area contributed by atoms with Crippen LogP contribution in [0.3, 0.4) is 0 Å². The van der Waals surface area contributed by atoms with Crippen LogP contribution < -0.4 is 4.72 Å².